The molecule has 0 bridgehead atoms. The van der Waals surface area contributed by atoms with Crippen LogP contribution in [-0.4, -0.2) is 24.0 Å². The van der Waals surface area contributed by atoms with E-state index in [0.717, 1.165) is 25.7 Å². The average molecular weight is 246 g/mol. The van der Waals surface area contributed by atoms with Crippen LogP contribution in [0.5, 0.6) is 0 Å². The number of nitrogens with zero attached hydrogens (tertiary/aromatic N) is 1. The van der Waals surface area contributed by atoms with Crippen molar-refractivity contribution in [2.45, 2.75) is 52.2 Å². The summed E-state index contributed by atoms with van der Waals surface area (Å²) in [6.07, 6.45) is 4.04. The maximum atomic E-state index is 3.44. The van der Waals surface area contributed by atoms with Crippen LogP contribution in [-0.2, 0) is 13.1 Å². The van der Waals surface area contributed by atoms with Gasteiger partial charge in [-0.1, -0.05) is 38.1 Å². The molecule has 2 nitrogen and oxygen atoms in total. The maximum absolute atomic E-state index is 3.44. The molecule has 0 spiro atoms. The minimum atomic E-state index is 0.803. The van der Waals surface area contributed by atoms with Crippen molar-refractivity contribution in [3.63, 3.8) is 0 Å². The molecule has 0 radical (unpaired) electrons. The van der Waals surface area contributed by atoms with Gasteiger partial charge in [0.2, 0.25) is 0 Å². The maximum Gasteiger partial charge on any atom is 0.0239 e. The highest BCUT2D eigenvalue weighted by Crippen LogP contribution is 2.23. The molecule has 0 saturated carbocycles. The van der Waals surface area contributed by atoms with Gasteiger partial charge in [-0.2, -0.15) is 0 Å². The smallest absolute Gasteiger partial charge is 0.0239 e. The molecular weight excluding hydrogens is 220 g/mol. The number of likely N-dealkylation sites (tertiary alicyclic amines) is 1. The molecule has 2 rings (SSSR count). The van der Waals surface area contributed by atoms with Crippen LogP contribution in [0, 0.1) is 0 Å². The standard InChI is InChI=1S/C16H26N2/c1-3-16-10-7-11-18(16)13-15-9-6-5-8-14(15)12-17-4-2/h5-6,8-9,16-17H,3-4,7,10-13H2,1-2H3. The molecule has 1 aliphatic rings. The van der Waals surface area contributed by atoms with E-state index in [4.69, 9.17) is 0 Å². The highest BCUT2D eigenvalue weighted by atomic mass is 15.2. The van der Waals surface area contributed by atoms with Gasteiger partial charge in [0.15, 0.2) is 0 Å². The van der Waals surface area contributed by atoms with Crippen LogP contribution in [0.4, 0.5) is 0 Å². The Bertz CT molecular complexity index is 362. The van der Waals surface area contributed by atoms with Gasteiger partial charge in [-0.25, -0.2) is 0 Å². The van der Waals surface area contributed by atoms with Gasteiger partial charge in [0.1, 0.15) is 0 Å². The molecule has 1 aromatic rings. The van der Waals surface area contributed by atoms with Crippen LogP contribution in [0.15, 0.2) is 24.3 Å². The molecule has 0 aromatic heterocycles. The first-order chi connectivity index (χ1) is 8.85. The average Bonchev–Trinajstić information content (AvgIpc) is 2.85. The molecule has 100 valence electrons. The number of rotatable bonds is 6. The Morgan fingerprint density at radius 1 is 1.22 bits per heavy atom. The quantitative estimate of drug-likeness (QED) is 0.829. The van der Waals surface area contributed by atoms with Gasteiger partial charge in [-0.05, 0) is 43.5 Å². The first kappa shape index (κ1) is 13.6. The molecule has 18 heavy (non-hydrogen) atoms. The summed E-state index contributed by atoms with van der Waals surface area (Å²) in [7, 11) is 0. The monoisotopic (exact) mass is 246 g/mol. The molecule has 1 aromatic carbocycles. The Kier molecular flexibility index (Phi) is 5.21. The van der Waals surface area contributed by atoms with Crippen molar-refractivity contribution in [3.8, 4) is 0 Å². The third-order valence-corrected chi connectivity index (χ3v) is 4.03. The zero-order valence-corrected chi connectivity index (χ0v) is 11.8. The Morgan fingerprint density at radius 2 is 2.00 bits per heavy atom. The number of nitrogens with one attached hydrogen (secondary N) is 1. The summed E-state index contributed by atoms with van der Waals surface area (Å²) in [5, 5.41) is 3.44. The third-order valence-electron chi connectivity index (χ3n) is 4.03. The lowest BCUT2D eigenvalue weighted by molar-refractivity contribution is 0.239. The van der Waals surface area contributed by atoms with E-state index in [1.54, 1.807) is 0 Å². The van der Waals surface area contributed by atoms with Gasteiger partial charge in [0.05, 0.1) is 0 Å². The fourth-order valence-corrected chi connectivity index (χ4v) is 2.93. The van der Waals surface area contributed by atoms with E-state index < -0.39 is 0 Å². The Morgan fingerprint density at radius 3 is 2.72 bits per heavy atom. The van der Waals surface area contributed by atoms with Crippen LogP contribution in [0.25, 0.3) is 0 Å². The summed E-state index contributed by atoms with van der Waals surface area (Å²) in [6.45, 7) is 8.91. The molecular formula is C16H26N2. The molecule has 1 atom stereocenters. The zero-order chi connectivity index (χ0) is 12.8. The molecule has 0 amide bonds. The molecule has 1 N–H and O–H groups in total. The van der Waals surface area contributed by atoms with Crippen LogP contribution in [0.3, 0.4) is 0 Å². The topological polar surface area (TPSA) is 15.3 Å². The van der Waals surface area contributed by atoms with Gasteiger partial charge in [0.25, 0.3) is 0 Å². The second kappa shape index (κ2) is 6.91. The van der Waals surface area contributed by atoms with Gasteiger partial charge >= 0.3 is 0 Å². The summed E-state index contributed by atoms with van der Waals surface area (Å²) in [6, 6.07) is 9.67. The van der Waals surface area contributed by atoms with E-state index in [1.165, 1.54) is 36.9 Å². The summed E-state index contributed by atoms with van der Waals surface area (Å²) in [4.78, 5) is 2.66. The molecule has 1 saturated heterocycles. The van der Waals surface area contributed by atoms with Crippen LogP contribution in [0.1, 0.15) is 44.2 Å². The van der Waals surface area contributed by atoms with Crippen molar-refractivity contribution in [3.05, 3.63) is 35.4 Å². The molecule has 2 heteroatoms. The Hall–Kier alpha value is -0.860. The van der Waals surface area contributed by atoms with E-state index in [9.17, 15) is 0 Å². The largest absolute Gasteiger partial charge is 0.313 e. The van der Waals surface area contributed by atoms with Gasteiger partial charge in [-0.15, -0.1) is 0 Å². The van der Waals surface area contributed by atoms with Crippen molar-refractivity contribution >= 4 is 0 Å². The lowest BCUT2D eigenvalue weighted by Crippen LogP contribution is -2.29. The van der Waals surface area contributed by atoms with E-state index in [2.05, 4.69) is 48.3 Å². The van der Waals surface area contributed by atoms with E-state index in [-0.39, 0.29) is 0 Å². The summed E-state index contributed by atoms with van der Waals surface area (Å²) >= 11 is 0. The minimum Gasteiger partial charge on any atom is -0.313 e. The lowest BCUT2D eigenvalue weighted by atomic mass is 10.1. The summed E-state index contributed by atoms with van der Waals surface area (Å²) in [5.74, 6) is 0. The van der Waals surface area contributed by atoms with Crippen molar-refractivity contribution in [2.75, 3.05) is 13.1 Å². The lowest BCUT2D eigenvalue weighted by Gasteiger charge is -2.24. The highest BCUT2D eigenvalue weighted by Gasteiger charge is 2.23. The van der Waals surface area contributed by atoms with Gasteiger partial charge in [0, 0.05) is 19.1 Å². The normalized spacial score (nSPS) is 20.4. The molecule has 0 aliphatic carbocycles. The number of hydrogen-bond acceptors (Lipinski definition) is 2. The zero-order valence-electron chi connectivity index (χ0n) is 11.8. The van der Waals surface area contributed by atoms with Crippen molar-refractivity contribution in [1.29, 1.82) is 0 Å². The first-order valence-electron chi connectivity index (χ1n) is 7.36. The predicted octanol–water partition coefficient (Wildman–Crippen LogP) is 3.17. The van der Waals surface area contributed by atoms with Crippen molar-refractivity contribution < 1.29 is 0 Å². The van der Waals surface area contributed by atoms with Crippen LogP contribution in [0.2, 0.25) is 0 Å². The van der Waals surface area contributed by atoms with Gasteiger partial charge in [-0.3, -0.25) is 4.90 Å². The molecule has 1 heterocycles. The first-order valence-corrected chi connectivity index (χ1v) is 7.36. The fourth-order valence-electron chi connectivity index (χ4n) is 2.93. The van der Waals surface area contributed by atoms with E-state index in [1.807, 2.05) is 0 Å². The Labute approximate surface area is 111 Å². The Balaban J connectivity index is 2.03. The fraction of sp³-hybridized carbons (Fsp3) is 0.625. The SMILES string of the molecule is CCNCc1ccccc1CN1CCCC1CC. The minimum absolute atomic E-state index is 0.803. The van der Waals surface area contributed by atoms with E-state index in [0.29, 0.717) is 0 Å². The molecule has 1 fully saturated rings. The van der Waals surface area contributed by atoms with Crippen LogP contribution >= 0.6 is 0 Å². The van der Waals surface area contributed by atoms with Crippen molar-refractivity contribution in [1.82, 2.24) is 10.2 Å². The second-order valence-electron chi connectivity index (χ2n) is 5.22. The van der Waals surface area contributed by atoms with Crippen LogP contribution < -0.4 is 5.32 Å². The third kappa shape index (κ3) is 3.33. The highest BCUT2D eigenvalue weighted by molar-refractivity contribution is 5.27. The predicted molar refractivity (Wildman–Crippen MR) is 77.5 cm³/mol. The van der Waals surface area contributed by atoms with E-state index >= 15 is 0 Å². The van der Waals surface area contributed by atoms with Crippen molar-refractivity contribution in [2.24, 2.45) is 0 Å². The van der Waals surface area contributed by atoms with Gasteiger partial charge < -0.3 is 5.32 Å². The number of hydrogen-bond donors (Lipinski definition) is 1. The summed E-state index contributed by atoms with van der Waals surface area (Å²) in [5.41, 5.74) is 2.96. The second-order valence-corrected chi connectivity index (χ2v) is 5.22. The molecule has 1 unspecified atom stereocenters. The molecule has 1 aliphatic heterocycles. The summed E-state index contributed by atoms with van der Waals surface area (Å²) < 4.78 is 0. The number of benzene rings is 1.